The zero-order valence-corrected chi connectivity index (χ0v) is 11.5. The number of carbonyl (C=O) groups excluding carboxylic acids is 2. The van der Waals surface area contributed by atoms with Crippen LogP contribution in [0.1, 0.15) is 5.56 Å². The summed E-state index contributed by atoms with van der Waals surface area (Å²) in [4.78, 5) is 34.5. The van der Waals surface area contributed by atoms with Crippen LogP contribution in [0.5, 0.6) is 0 Å². The van der Waals surface area contributed by atoms with E-state index in [0.717, 1.165) is 23.4 Å². The van der Waals surface area contributed by atoms with Gasteiger partial charge in [0.1, 0.15) is 6.29 Å². The number of rotatable bonds is 4. The first-order valence-corrected chi connectivity index (χ1v) is 6.47. The smallest absolute Gasteiger partial charge is 0.413 e. The Morgan fingerprint density at radius 1 is 1.19 bits per heavy atom. The summed E-state index contributed by atoms with van der Waals surface area (Å²) in [6.07, 6.45) is -0.685. The van der Waals surface area contributed by atoms with Gasteiger partial charge in [0.15, 0.2) is 0 Å². The lowest BCUT2D eigenvalue weighted by Crippen LogP contribution is -2.38. The maximum atomic E-state index is 12.0. The number of carbonyl (C=O) groups is 3. The van der Waals surface area contributed by atoms with Gasteiger partial charge >= 0.3 is 6.09 Å². The molecular formula is C16H15NO4. The Morgan fingerprint density at radius 2 is 1.86 bits per heavy atom. The largest absolute Gasteiger partial charge is 0.465 e. The van der Waals surface area contributed by atoms with Crippen LogP contribution in [0.3, 0.4) is 0 Å². The zero-order chi connectivity index (χ0) is 15.4. The maximum absolute atomic E-state index is 12.0. The fourth-order valence-electron chi connectivity index (χ4n) is 2.24. The van der Waals surface area contributed by atoms with Crippen LogP contribution in [0.4, 0.5) is 4.79 Å². The summed E-state index contributed by atoms with van der Waals surface area (Å²) in [5.41, 5.74) is 0.845. The number of imide groups is 1. The summed E-state index contributed by atoms with van der Waals surface area (Å²) in [5.74, 6) is -1.72. The quantitative estimate of drug-likeness (QED) is 0.691. The number of nitrogens with zero attached hydrogens (tertiary/aromatic N) is 1. The van der Waals surface area contributed by atoms with Crippen molar-refractivity contribution in [3.05, 3.63) is 48.0 Å². The molecule has 0 saturated heterocycles. The van der Waals surface area contributed by atoms with Gasteiger partial charge in [0.05, 0.1) is 5.92 Å². The molecule has 0 aliphatic carbocycles. The molecule has 0 saturated carbocycles. The zero-order valence-electron chi connectivity index (χ0n) is 11.5. The minimum absolute atomic E-state index is 0.182. The summed E-state index contributed by atoms with van der Waals surface area (Å²) >= 11 is 0. The molecule has 0 radical (unpaired) electrons. The van der Waals surface area contributed by atoms with Crippen LogP contribution in [0, 0.1) is 5.92 Å². The van der Waals surface area contributed by atoms with Gasteiger partial charge in [0, 0.05) is 7.05 Å². The Kier molecular flexibility index (Phi) is 4.33. The summed E-state index contributed by atoms with van der Waals surface area (Å²) in [6, 6.07) is 13.3. The highest BCUT2D eigenvalue weighted by molar-refractivity contribution is 6.00. The Hall–Kier alpha value is -2.69. The molecule has 0 aliphatic rings. The lowest BCUT2D eigenvalue weighted by atomic mass is 9.95. The van der Waals surface area contributed by atoms with Crippen molar-refractivity contribution < 1.29 is 19.5 Å². The van der Waals surface area contributed by atoms with Crippen molar-refractivity contribution in [2.45, 2.75) is 6.42 Å². The van der Waals surface area contributed by atoms with Crippen molar-refractivity contribution in [1.29, 1.82) is 0 Å². The van der Waals surface area contributed by atoms with Crippen molar-refractivity contribution in [2.75, 3.05) is 7.05 Å². The van der Waals surface area contributed by atoms with Crippen LogP contribution in [0.25, 0.3) is 10.8 Å². The van der Waals surface area contributed by atoms with Gasteiger partial charge in [-0.1, -0.05) is 42.5 Å². The van der Waals surface area contributed by atoms with Crippen LogP contribution in [-0.4, -0.2) is 35.3 Å². The number of amides is 2. The van der Waals surface area contributed by atoms with Crippen molar-refractivity contribution in [3.63, 3.8) is 0 Å². The van der Waals surface area contributed by atoms with E-state index in [9.17, 15) is 14.4 Å². The molecule has 0 heterocycles. The normalized spacial score (nSPS) is 11.9. The molecule has 108 valence electrons. The van der Waals surface area contributed by atoms with Crippen LogP contribution < -0.4 is 0 Å². The van der Waals surface area contributed by atoms with Gasteiger partial charge in [-0.3, -0.25) is 9.69 Å². The number of carboxylic acid groups (broad SMARTS) is 1. The fraction of sp³-hybridized carbons (Fsp3) is 0.188. The molecule has 2 aromatic rings. The molecule has 1 N–H and O–H groups in total. The van der Waals surface area contributed by atoms with E-state index < -0.39 is 17.9 Å². The molecular weight excluding hydrogens is 270 g/mol. The molecule has 1 unspecified atom stereocenters. The molecule has 5 nitrogen and oxygen atoms in total. The predicted molar refractivity (Wildman–Crippen MR) is 78.0 cm³/mol. The molecule has 5 heteroatoms. The maximum Gasteiger partial charge on any atom is 0.413 e. The van der Waals surface area contributed by atoms with E-state index in [2.05, 4.69) is 0 Å². The SMILES string of the molecule is CN(C(=O)O)C(=O)C(C=O)Cc1cccc2ccccc12. The van der Waals surface area contributed by atoms with Crippen LogP contribution in [0.2, 0.25) is 0 Å². The van der Waals surface area contributed by atoms with Crippen molar-refractivity contribution in [2.24, 2.45) is 5.92 Å². The Bertz CT molecular complexity index is 690. The highest BCUT2D eigenvalue weighted by Gasteiger charge is 2.26. The van der Waals surface area contributed by atoms with E-state index in [1.54, 1.807) is 0 Å². The van der Waals surface area contributed by atoms with Crippen LogP contribution >= 0.6 is 0 Å². The van der Waals surface area contributed by atoms with Gasteiger partial charge in [0.2, 0.25) is 5.91 Å². The average molecular weight is 285 g/mol. The minimum Gasteiger partial charge on any atom is -0.465 e. The topological polar surface area (TPSA) is 74.7 Å². The van der Waals surface area contributed by atoms with Crippen LogP contribution in [-0.2, 0) is 16.0 Å². The molecule has 0 aliphatic heterocycles. The summed E-state index contributed by atoms with van der Waals surface area (Å²) in [5, 5.41) is 10.8. The van der Waals surface area contributed by atoms with Crippen molar-refractivity contribution in [3.8, 4) is 0 Å². The lowest BCUT2D eigenvalue weighted by Gasteiger charge is -2.16. The second-order valence-electron chi connectivity index (χ2n) is 4.76. The Labute approximate surface area is 121 Å². The second-order valence-corrected chi connectivity index (χ2v) is 4.76. The number of hydrogen-bond acceptors (Lipinski definition) is 3. The molecule has 0 bridgehead atoms. The van der Waals surface area contributed by atoms with E-state index in [1.165, 1.54) is 0 Å². The summed E-state index contributed by atoms with van der Waals surface area (Å²) in [6.45, 7) is 0. The third-order valence-electron chi connectivity index (χ3n) is 3.42. The van der Waals surface area contributed by atoms with Gasteiger partial charge in [-0.15, -0.1) is 0 Å². The second kappa shape index (κ2) is 6.17. The molecule has 0 fully saturated rings. The Balaban J connectivity index is 2.31. The molecule has 2 rings (SSSR count). The predicted octanol–water partition coefficient (Wildman–Crippen LogP) is 2.33. The molecule has 21 heavy (non-hydrogen) atoms. The van der Waals surface area contributed by atoms with Crippen LogP contribution in [0.15, 0.2) is 42.5 Å². The van der Waals surface area contributed by atoms with E-state index in [4.69, 9.17) is 5.11 Å². The first-order valence-electron chi connectivity index (χ1n) is 6.47. The third kappa shape index (κ3) is 3.08. The van der Waals surface area contributed by atoms with Gasteiger partial charge < -0.3 is 9.90 Å². The third-order valence-corrected chi connectivity index (χ3v) is 3.42. The van der Waals surface area contributed by atoms with Crippen molar-refractivity contribution in [1.82, 2.24) is 4.90 Å². The van der Waals surface area contributed by atoms with E-state index in [-0.39, 0.29) is 6.42 Å². The van der Waals surface area contributed by atoms with E-state index in [0.29, 0.717) is 11.2 Å². The van der Waals surface area contributed by atoms with Gasteiger partial charge in [-0.25, -0.2) is 4.79 Å². The summed E-state index contributed by atoms with van der Waals surface area (Å²) in [7, 11) is 1.14. The van der Waals surface area contributed by atoms with Gasteiger partial charge in [-0.2, -0.15) is 0 Å². The monoisotopic (exact) mass is 285 g/mol. The number of fused-ring (bicyclic) bond motifs is 1. The average Bonchev–Trinajstić information content (AvgIpc) is 2.51. The Morgan fingerprint density at radius 3 is 2.52 bits per heavy atom. The van der Waals surface area contributed by atoms with Gasteiger partial charge in [-0.05, 0) is 22.8 Å². The molecule has 0 aromatic heterocycles. The van der Waals surface area contributed by atoms with Crippen molar-refractivity contribution >= 4 is 29.1 Å². The first-order chi connectivity index (χ1) is 10.0. The molecule has 2 aromatic carbocycles. The lowest BCUT2D eigenvalue weighted by molar-refractivity contribution is -0.134. The standard InChI is InChI=1S/C16H15NO4/c1-17(16(20)21)15(19)13(10-18)9-12-7-4-6-11-5-2-3-8-14(11)12/h2-8,10,13H,9H2,1H3,(H,20,21). The van der Waals surface area contributed by atoms with Gasteiger partial charge in [0.25, 0.3) is 0 Å². The fourth-order valence-corrected chi connectivity index (χ4v) is 2.24. The molecule has 0 spiro atoms. The highest BCUT2D eigenvalue weighted by Crippen LogP contribution is 2.21. The molecule has 2 amide bonds. The molecule has 1 atom stereocenters. The minimum atomic E-state index is -1.37. The number of hydrogen-bond donors (Lipinski definition) is 1. The number of benzene rings is 2. The van der Waals surface area contributed by atoms with E-state index >= 15 is 0 Å². The summed E-state index contributed by atoms with van der Waals surface area (Å²) < 4.78 is 0. The van der Waals surface area contributed by atoms with E-state index in [1.807, 2.05) is 42.5 Å². The number of aldehydes is 1. The highest BCUT2D eigenvalue weighted by atomic mass is 16.4. The first kappa shape index (κ1) is 14.7.